The van der Waals surface area contributed by atoms with Gasteiger partial charge in [0.2, 0.25) is 0 Å². The lowest BCUT2D eigenvalue weighted by Gasteiger charge is -2.27. The molecule has 0 aromatic rings. The summed E-state index contributed by atoms with van der Waals surface area (Å²) in [4.78, 5) is 2.20. The highest BCUT2D eigenvalue weighted by Gasteiger charge is 2.13. The Kier molecular flexibility index (Phi) is 7.81. The van der Waals surface area contributed by atoms with Crippen LogP contribution in [-0.2, 0) is 0 Å². The number of rotatable bonds is 7. The van der Waals surface area contributed by atoms with Crippen molar-refractivity contribution >= 4 is 12.6 Å². The van der Waals surface area contributed by atoms with E-state index in [4.69, 9.17) is 5.11 Å². The maximum absolute atomic E-state index is 8.96. The minimum atomic E-state index is 0.238. The molecule has 0 spiro atoms. The Morgan fingerprint density at radius 3 is 2.46 bits per heavy atom. The minimum Gasteiger partial charge on any atom is -0.395 e. The first-order chi connectivity index (χ1) is 6.15. The molecule has 2 nitrogen and oxygen atoms in total. The third kappa shape index (κ3) is 5.55. The van der Waals surface area contributed by atoms with Crippen LogP contribution >= 0.6 is 12.6 Å². The van der Waals surface area contributed by atoms with E-state index in [0.717, 1.165) is 12.3 Å². The summed E-state index contributed by atoms with van der Waals surface area (Å²) >= 11 is 4.33. The lowest BCUT2D eigenvalue weighted by molar-refractivity contribution is 0.144. The van der Waals surface area contributed by atoms with Crippen molar-refractivity contribution in [3.05, 3.63) is 0 Å². The van der Waals surface area contributed by atoms with Crippen LogP contribution in [0.15, 0.2) is 0 Å². The van der Waals surface area contributed by atoms with Crippen molar-refractivity contribution in [3.8, 4) is 0 Å². The van der Waals surface area contributed by atoms with Crippen LogP contribution in [0, 0.1) is 5.92 Å². The van der Waals surface area contributed by atoms with Gasteiger partial charge in [0.25, 0.3) is 0 Å². The zero-order chi connectivity index (χ0) is 10.3. The van der Waals surface area contributed by atoms with E-state index in [2.05, 4.69) is 31.5 Å². The van der Waals surface area contributed by atoms with Crippen LogP contribution < -0.4 is 0 Å². The van der Waals surface area contributed by atoms with Gasteiger partial charge in [-0.05, 0) is 32.1 Å². The second-order valence-corrected chi connectivity index (χ2v) is 4.17. The lowest BCUT2D eigenvalue weighted by atomic mass is 10.1. The molecule has 0 aromatic carbocycles. The number of thiol groups is 1. The molecule has 0 fully saturated rings. The summed E-state index contributed by atoms with van der Waals surface area (Å²) in [5.74, 6) is 1.60. The Morgan fingerprint density at radius 2 is 2.08 bits per heavy atom. The molecule has 0 heterocycles. The van der Waals surface area contributed by atoms with Crippen molar-refractivity contribution in [1.82, 2.24) is 4.90 Å². The molecule has 13 heavy (non-hydrogen) atoms. The molecule has 0 aliphatic rings. The highest BCUT2D eigenvalue weighted by atomic mass is 32.1. The SMILES string of the molecule is CCCC(CS)CN(C)C(C)CO. The molecule has 0 saturated heterocycles. The summed E-state index contributed by atoms with van der Waals surface area (Å²) in [6.45, 7) is 5.52. The van der Waals surface area contributed by atoms with Crippen LogP contribution in [0.1, 0.15) is 26.7 Å². The summed E-state index contributed by atoms with van der Waals surface area (Å²) in [7, 11) is 2.06. The first-order valence-electron chi connectivity index (χ1n) is 5.07. The van der Waals surface area contributed by atoms with Gasteiger partial charge >= 0.3 is 0 Å². The molecule has 0 bridgehead atoms. The fourth-order valence-electron chi connectivity index (χ4n) is 1.38. The minimum absolute atomic E-state index is 0.238. The van der Waals surface area contributed by atoms with Gasteiger partial charge < -0.3 is 10.0 Å². The van der Waals surface area contributed by atoms with Gasteiger partial charge in [-0.25, -0.2) is 0 Å². The zero-order valence-corrected chi connectivity index (χ0v) is 9.93. The quantitative estimate of drug-likeness (QED) is 0.617. The summed E-state index contributed by atoms with van der Waals surface area (Å²) in [6.07, 6.45) is 2.44. The third-order valence-electron chi connectivity index (χ3n) is 2.52. The van der Waals surface area contributed by atoms with Crippen molar-refractivity contribution in [2.75, 3.05) is 26.0 Å². The van der Waals surface area contributed by atoms with Crippen LogP contribution in [0.25, 0.3) is 0 Å². The van der Waals surface area contributed by atoms with Gasteiger partial charge in [0, 0.05) is 12.6 Å². The normalized spacial score (nSPS) is 16.2. The van der Waals surface area contributed by atoms with Gasteiger partial charge in [0.15, 0.2) is 0 Å². The predicted molar refractivity (Wildman–Crippen MR) is 61.4 cm³/mol. The Balaban J connectivity index is 3.78. The molecule has 2 atom stereocenters. The van der Waals surface area contributed by atoms with E-state index < -0.39 is 0 Å². The van der Waals surface area contributed by atoms with Crippen LogP contribution in [0.5, 0.6) is 0 Å². The molecule has 3 heteroatoms. The Hall–Kier alpha value is 0.270. The molecule has 1 N–H and O–H groups in total. The highest BCUT2D eigenvalue weighted by Crippen LogP contribution is 2.11. The molecule has 0 saturated carbocycles. The van der Waals surface area contributed by atoms with E-state index in [1.54, 1.807) is 0 Å². The number of aliphatic hydroxyl groups is 1. The first kappa shape index (κ1) is 13.3. The van der Waals surface area contributed by atoms with Gasteiger partial charge in [-0.1, -0.05) is 13.3 Å². The van der Waals surface area contributed by atoms with Gasteiger partial charge in [-0.3, -0.25) is 0 Å². The van der Waals surface area contributed by atoms with Crippen molar-refractivity contribution in [2.24, 2.45) is 5.92 Å². The molecule has 80 valence electrons. The Bertz CT molecular complexity index is 121. The number of likely N-dealkylation sites (N-methyl/N-ethyl adjacent to an activating group) is 1. The largest absolute Gasteiger partial charge is 0.395 e. The Labute approximate surface area is 87.7 Å². The summed E-state index contributed by atoms with van der Waals surface area (Å²) in [6, 6.07) is 0.263. The maximum Gasteiger partial charge on any atom is 0.0584 e. The van der Waals surface area contributed by atoms with Crippen LogP contribution in [-0.4, -0.2) is 42.0 Å². The first-order valence-corrected chi connectivity index (χ1v) is 5.70. The second-order valence-electron chi connectivity index (χ2n) is 3.81. The highest BCUT2D eigenvalue weighted by molar-refractivity contribution is 7.80. The van der Waals surface area contributed by atoms with Crippen molar-refractivity contribution < 1.29 is 5.11 Å². The number of hydrogen-bond acceptors (Lipinski definition) is 3. The summed E-state index contributed by atoms with van der Waals surface area (Å²) in [5, 5.41) is 8.96. The average molecular weight is 205 g/mol. The van der Waals surface area contributed by atoms with E-state index in [9.17, 15) is 0 Å². The van der Waals surface area contributed by atoms with Gasteiger partial charge in [-0.15, -0.1) is 0 Å². The van der Waals surface area contributed by atoms with Gasteiger partial charge in [0.05, 0.1) is 6.61 Å². The monoisotopic (exact) mass is 205 g/mol. The second kappa shape index (κ2) is 7.65. The lowest BCUT2D eigenvalue weighted by Crippen LogP contribution is -2.36. The molecular weight excluding hydrogens is 182 g/mol. The average Bonchev–Trinajstić information content (AvgIpc) is 2.15. The smallest absolute Gasteiger partial charge is 0.0584 e. The molecule has 0 aliphatic carbocycles. The standard InChI is InChI=1S/C10H23NOS/c1-4-5-10(8-13)6-11(3)9(2)7-12/h9-10,12-13H,4-8H2,1-3H3. The molecule has 2 unspecified atom stereocenters. The van der Waals surface area contributed by atoms with E-state index in [0.29, 0.717) is 5.92 Å². The van der Waals surface area contributed by atoms with E-state index in [1.165, 1.54) is 12.8 Å². The fourth-order valence-corrected chi connectivity index (χ4v) is 1.67. The number of hydrogen-bond donors (Lipinski definition) is 2. The Morgan fingerprint density at radius 1 is 1.46 bits per heavy atom. The number of nitrogens with zero attached hydrogens (tertiary/aromatic N) is 1. The predicted octanol–water partition coefficient (Wildman–Crippen LogP) is 1.65. The summed E-state index contributed by atoms with van der Waals surface area (Å²) in [5.41, 5.74) is 0. The van der Waals surface area contributed by atoms with E-state index in [-0.39, 0.29) is 12.6 Å². The van der Waals surface area contributed by atoms with Crippen LogP contribution in [0.4, 0.5) is 0 Å². The van der Waals surface area contributed by atoms with Crippen molar-refractivity contribution in [2.45, 2.75) is 32.7 Å². The van der Waals surface area contributed by atoms with Crippen LogP contribution in [0.3, 0.4) is 0 Å². The molecular formula is C10H23NOS. The van der Waals surface area contributed by atoms with Crippen molar-refractivity contribution in [1.29, 1.82) is 0 Å². The molecule has 0 aliphatic heterocycles. The van der Waals surface area contributed by atoms with E-state index >= 15 is 0 Å². The summed E-state index contributed by atoms with van der Waals surface area (Å²) < 4.78 is 0. The van der Waals surface area contributed by atoms with Gasteiger partial charge in [0.1, 0.15) is 0 Å². The molecule has 0 aromatic heterocycles. The van der Waals surface area contributed by atoms with E-state index in [1.807, 2.05) is 6.92 Å². The molecule has 0 rings (SSSR count). The zero-order valence-electron chi connectivity index (χ0n) is 9.03. The fraction of sp³-hybridized carbons (Fsp3) is 1.00. The number of aliphatic hydroxyl groups excluding tert-OH is 1. The van der Waals surface area contributed by atoms with Crippen molar-refractivity contribution in [3.63, 3.8) is 0 Å². The van der Waals surface area contributed by atoms with Gasteiger partial charge in [-0.2, -0.15) is 12.6 Å². The maximum atomic E-state index is 8.96. The molecule has 0 amide bonds. The topological polar surface area (TPSA) is 23.5 Å². The third-order valence-corrected chi connectivity index (χ3v) is 3.03. The molecule has 0 radical (unpaired) electrons. The van der Waals surface area contributed by atoms with Crippen LogP contribution in [0.2, 0.25) is 0 Å².